The molecule has 3 amide bonds. The van der Waals surface area contributed by atoms with Crippen molar-refractivity contribution in [1.82, 2.24) is 4.90 Å². The lowest BCUT2D eigenvalue weighted by atomic mass is 9.94. The van der Waals surface area contributed by atoms with E-state index in [-0.39, 0.29) is 30.2 Å². The number of para-hydroxylation sites is 2. The Morgan fingerprint density at radius 3 is 2.39 bits per heavy atom. The average Bonchev–Trinajstić information content (AvgIpc) is 2.73. The number of nitrogens with one attached hydrogen (secondary N) is 1. The highest BCUT2D eigenvalue weighted by Gasteiger charge is 2.34. The van der Waals surface area contributed by atoms with Crippen molar-refractivity contribution < 1.29 is 14.4 Å². The number of nitrogens with zero attached hydrogens (tertiary/aromatic N) is 2. The van der Waals surface area contributed by atoms with E-state index in [9.17, 15) is 14.4 Å². The molecule has 2 aromatic carbocycles. The molecule has 144 valence electrons. The highest BCUT2D eigenvalue weighted by atomic mass is 79.9. The molecule has 4 rings (SSSR count). The number of halogens is 1. The number of hydrogen-bond donors (Lipinski definition) is 1. The van der Waals surface area contributed by atoms with Crippen LogP contribution >= 0.6 is 15.9 Å². The second-order valence-electron chi connectivity index (χ2n) is 7.06. The van der Waals surface area contributed by atoms with E-state index in [4.69, 9.17) is 0 Å². The fraction of sp³-hybridized carbons (Fsp3) is 0.286. The molecule has 28 heavy (non-hydrogen) atoms. The second-order valence-corrected chi connectivity index (χ2v) is 7.98. The van der Waals surface area contributed by atoms with E-state index < -0.39 is 0 Å². The molecule has 0 unspecified atom stereocenters. The average molecular weight is 442 g/mol. The molecular weight excluding hydrogens is 422 g/mol. The second kappa shape index (κ2) is 7.75. The van der Waals surface area contributed by atoms with Gasteiger partial charge in [0, 0.05) is 29.0 Å². The predicted octanol–water partition coefficient (Wildman–Crippen LogP) is 3.29. The van der Waals surface area contributed by atoms with Gasteiger partial charge in [-0.1, -0.05) is 28.1 Å². The first-order valence-corrected chi connectivity index (χ1v) is 10.1. The molecule has 2 aromatic rings. The molecular formula is C21H20BrN3O3. The van der Waals surface area contributed by atoms with Crippen LogP contribution in [0, 0.1) is 5.92 Å². The molecule has 7 heteroatoms. The maximum absolute atomic E-state index is 13.1. The van der Waals surface area contributed by atoms with Crippen molar-refractivity contribution in [3.63, 3.8) is 0 Å². The van der Waals surface area contributed by atoms with Crippen molar-refractivity contribution in [3.8, 4) is 0 Å². The fourth-order valence-corrected chi connectivity index (χ4v) is 4.02. The Balaban J connectivity index is 1.43. The third kappa shape index (κ3) is 3.67. The van der Waals surface area contributed by atoms with E-state index in [0.29, 0.717) is 37.2 Å². The van der Waals surface area contributed by atoms with Gasteiger partial charge in [-0.2, -0.15) is 0 Å². The van der Waals surface area contributed by atoms with Crippen molar-refractivity contribution in [2.45, 2.75) is 12.8 Å². The third-order valence-corrected chi connectivity index (χ3v) is 5.79. The summed E-state index contributed by atoms with van der Waals surface area (Å²) in [5, 5.41) is 2.80. The number of anilines is 2. The van der Waals surface area contributed by atoms with Gasteiger partial charge in [-0.3, -0.25) is 14.4 Å². The van der Waals surface area contributed by atoms with Gasteiger partial charge in [-0.25, -0.2) is 0 Å². The van der Waals surface area contributed by atoms with E-state index in [1.54, 1.807) is 28.0 Å². The van der Waals surface area contributed by atoms with Crippen molar-refractivity contribution >= 4 is 45.0 Å². The maximum atomic E-state index is 13.1. The van der Waals surface area contributed by atoms with E-state index in [2.05, 4.69) is 21.2 Å². The fourth-order valence-electron chi connectivity index (χ4n) is 3.75. The van der Waals surface area contributed by atoms with Gasteiger partial charge in [0.05, 0.1) is 11.4 Å². The van der Waals surface area contributed by atoms with Crippen LogP contribution in [0.1, 0.15) is 23.2 Å². The number of rotatable bonds is 2. The Labute approximate surface area is 171 Å². The summed E-state index contributed by atoms with van der Waals surface area (Å²) in [5.41, 5.74) is 2.05. The number of likely N-dealkylation sites (tertiary alicyclic amines) is 1. The highest BCUT2D eigenvalue weighted by Crippen LogP contribution is 2.32. The van der Waals surface area contributed by atoms with Gasteiger partial charge in [0.15, 0.2) is 0 Å². The van der Waals surface area contributed by atoms with Gasteiger partial charge >= 0.3 is 0 Å². The summed E-state index contributed by atoms with van der Waals surface area (Å²) < 4.78 is 0.930. The normalized spacial score (nSPS) is 17.1. The van der Waals surface area contributed by atoms with Crippen LogP contribution < -0.4 is 10.2 Å². The number of amides is 3. The first-order valence-electron chi connectivity index (χ1n) is 9.28. The molecule has 0 radical (unpaired) electrons. The standard InChI is InChI=1S/C21H20BrN3O3/c22-16-7-5-14(6-8-16)20(27)24-11-9-15(10-12-24)21(28)25-13-19(26)23-17-3-1-2-4-18(17)25/h1-8,15H,9-13H2,(H,23,26). The Hall–Kier alpha value is -2.67. The number of hydrogen-bond acceptors (Lipinski definition) is 3. The minimum Gasteiger partial charge on any atom is -0.339 e. The van der Waals surface area contributed by atoms with Crippen LogP contribution in [0.15, 0.2) is 53.0 Å². The number of fused-ring (bicyclic) bond motifs is 1. The summed E-state index contributed by atoms with van der Waals surface area (Å²) in [4.78, 5) is 41.1. The van der Waals surface area contributed by atoms with Crippen LogP contribution in [-0.4, -0.2) is 42.3 Å². The summed E-state index contributed by atoms with van der Waals surface area (Å²) in [7, 11) is 0. The largest absolute Gasteiger partial charge is 0.339 e. The summed E-state index contributed by atoms with van der Waals surface area (Å²) >= 11 is 3.37. The summed E-state index contributed by atoms with van der Waals surface area (Å²) in [5.74, 6) is -0.429. The summed E-state index contributed by atoms with van der Waals surface area (Å²) in [6.07, 6.45) is 1.20. The molecule has 1 saturated heterocycles. The van der Waals surface area contributed by atoms with Crippen LogP contribution in [0.2, 0.25) is 0 Å². The lowest BCUT2D eigenvalue weighted by molar-refractivity contribution is -0.125. The Morgan fingerprint density at radius 2 is 1.68 bits per heavy atom. The minimum atomic E-state index is -0.187. The molecule has 6 nitrogen and oxygen atoms in total. The lowest BCUT2D eigenvalue weighted by Gasteiger charge is -2.36. The van der Waals surface area contributed by atoms with Crippen LogP contribution in [0.4, 0.5) is 11.4 Å². The van der Waals surface area contributed by atoms with Crippen LogP contribution in [0.25, 0.3) is 0 Å². The quantitative estimate of drug-likeness (QED) is 0.776. The van der Waals surface area contributed by atoms with Crippen LogP contribution in [0.5, 0.6) is 0 Å². The third-order valence-electron chi connectivity index (χ3n) is 5.26. The number of benzene rings is 2. The van der Waals surface area contributed by atoms with Crippen molar-refractivity contribution in [1.29, 1.82) is 0 Å². The molecule has 1 fully saturated rings. The molecule has 0 atom stereocenters. The Morgan fingerprint density at radius 1 is 1.00 bits per heavy atom. The van der Waals surface area contributed by atoms with Crippen LogP contribution in [0.3, 0.4) is 0 Å². The number of piperidine rings is 1. The van der Waals surface area contributed by atoms with E-state index >= 15 is 0 Å². The molecule has 0 aliphatic carbocycles. The topological polar surface area (TPSA) is 69.7 Å². The first kappa shape index (κ1) is 18.7. The lowest BCUT2D eigenvalue weighted by Crippen LogP contribution is -2.48. The van der Waals surface area contributed by atoms with Gasteiger partial charge in [0.2, 0.25) is 11.8 Å². The summed E-state index contributed by atoms with van der Waals surface area (Å²) in [6, 6.07) is 14.6. The molecule has 2 aliphatic rings. The summed E-state index contributed by atoms with van der Waals surface area (Å²) in [6.45, 7) is 1.11. The maximum Gasteiger partial charge on any atom is 0.253 e. The van der Waals surface area contributed by atoms with Gasteiger partial charge < -0.3 is 15.1 Å². The van der Waals surface area contributed by atoms with E-state index in [0.717, 1.165) is 10.2 Å². The van der Waals surface area contributed by atoms with Crippen molar-refractivity contribution in [2.75, 3.05) is 29.9 Å². The smallest absolute Gasteiger partial charge is 0.253 e. The first-order chi connectivity index (χ1) is 13.5. The SMILES string of the molecule is O=C1CN(C(=O)C2CCN(C(=O)c3ccc(Br)cc3)CC2)c2ccccc2N1. The van der Waals surface area contributed by atoms with Crippen molar-refractivity contribution in [2.24, 2.45) is 5.92 Å². The molecule has 1 N–H and O–H groups in total. The van der Waals surface area contributed by atoms with Crippen molar-refractivity contribution in [3.05, 3.63) is 58.6 Å². The number of carbonyl (C=O) groups is 3. The van der Waals surface area contributed by atoms with Gasteiger partial charge in [-0.15, -0.1) is 0 Å². The zero-order valence-electron chi connectivity index (χ0n) is 15.2. The molecule has 2 heterocycles. The van der Waals surface area contributed by atoms with E-state index in [1.807, 2.05) is 30.3 Å². The molecule has 0 saturated carbocycles. The zero-order chi connectivity index (χ0) is 19.7. The van der Waals surface area contributed by atoms with Gasteiger partial charge in [0.25, 0.3) is 5.91 Å². The van der Waals surface area contributed by atoms with Gasteiger partial charge in [0.1, 0.15) is 6.54 Å². The molecule has 0 spiro atoms. The Kier molecular flexibility index (Phi) is 5.17. The highest BCUT2D eigenvalue weighted by molar-refractivity contribution is 9.10. The van der Waals surface area contributed by atoms with Gasteiger partial charge in [-0.05, 0) is 49.2 Å². The monoisotopic (exact) mass is 441 g/mol. The minimum absolute atomic E-state index is 0.0129. The van der Waals surface area contributed by atoms with E-state index in [1.165, 1.54) is 0 Å². The Bertz CT molecular complexity index is 921. The predicted molar refractivity (Wildman–Crippen MR) is 110 cm³/mol. The molecule has 2 aliphatic heterocycles. The van der Waals surface area contributed by atoms with Crippen LogP contribution in [-0.2, 0) is 9.59 Å². The molecule has 0 bridgehead atoms. The molecule has 0 aromatic heterocycles. The number of carbonyl (C=O) groups excluding carboxylic acids is 3. The zero-order valence-corrected chi connectivity index (χ0v) is 16.8.